The van der Waals surface area contributed by atoms with Crippen LogP contribution < -0.4 is 10.1 Å². The Morgan fingerprint density at radius 1 is 1.18 bits per heavy atom. The highest BCUT2D eigenvalue weighted by Crippen LogP contribution is 2.13. The lowest BCUT2D eigenvalue weighted by atomic mass is 10.2. The molecule has 0 fully saturated rings. The molecule has 1 N–H and O–H groups in total. The molecular formula is C18H27NO3. The number of rotatable bonds is 12. The molecule has 1 rings (SSSR count). The van der Waals surface area contributed by atoms with Crippen LogP contribution in [-0.4, -0.2) is 25.7 Å². The van der Waals surface area contributed by atoms with Crippen LogP contribution in [0.3, 0.4) is 0 Å². The van der Waals surface area contributed by atoms with Gasteiger partial charge in [0.15, 0.2) is 0 Å². The summed E-state index contributed by atoms with van der Waals surface area (Å²) in [5.41, 5.74) is 1.14. The first-order valence-electron chi connectivity index (χ1n) is 7.96. The van der Waals surface area contributed by atoms with E-state index in [1.807, 2.05) is 24.3 Å². The Balaban J connectivity index is 2.07. The van der Waals surface area contributed by atoms with Crippen molar-refractivity contribution in [3.63, 3.8) is 0 Å². The monoisotopic (exact) mass is 305 g/mol. The van der Waals surface area contributed by atoms with Gasteiger partial charge < -0.3 is 14.8 Å². The van der Waals surface area contributed by atoms with E-state index in [0.29, 0.717) is 19.8 Å². The van der Waals surface area contributed by atoms with Crippen LogP contribution in [0.15, 0.2) is 36.9 Å². The predicted molar refractivity (Wildman–Crippen MR) is 88.9 cm³/mol. The first-order chi connectivity index (χ1) is 10.8. The van der Waals surface area contributed by atoms with Crippen molar-refractivity contribution in [2.24, 2.45) is 0 Å². The van der Waals surface area contributed by atoms with Gasteiger partial charge in [-0.2, -0.15) is 0 Å². The van der Waals surface area contributed by atoms with Gasteiger partial charge in [-0.25, -0.2) is 0 Å². The minimum Gasteiger partial charge on any atom is -0.494 e. The predicted octanol–water partition coefficient (Wildman–Crippen LogP) is 3.46. The Kier molecular flexibility index (Phi) is 9.79. The van der Waals surface area contributed by atoms with Gasteiger partial charge in [0.1, 0.15) is 5.75 Å². The van der Waals surface area contributed by atoms with Crippen molar-refractivity contribution in [2.75, 3.05) is 19.8 Å². The second kappa shape index (κ2) is 11.8. The molecule has 0 aliphatic carbocycles. The highest BCUT2D eigenvalue weighted by Gasteiger charge is 1.97. The van der Waals surface area contributed by atoms with E-state index in [2.05, 4.69) is 18.8 Å². The quantitative estimate of drug-likeness (QED) is 0.475. The molecule has 22 heavy (non-hydrogen) atoms. The fourth-order valence-corrected chi connectivity index (χ4v) is 1.82. The third-order valence-electron chi connectivity index (χ3n) is 3.16. The van der Waals surface area contributed by atoms with Crippen molar-refractivity contribution in [1.82, 2.24) is 5.32 Å². The summed E-state index contributed by atoms with van der Waals surface area (Å²) in [6.45, 7) is 8.29. The maximum absolute atomic E-state index is 10.9. The second-order valence-electron chi connectivity index (χ2n) is 5.10. The molecule has 122 valence electrons. The molecule has 0 aliphatic heterocycles. The summed E-state index contributed by atoms with van der Waals surface area (Å²) in [4.78, 5) is 10.9. The van der Waals surface area contributed by atoms with Gasteiger partial charge in [0.2, 0.25) is 5.91 Å². The highest BCUT2D eigenvalue weighted by molar-refractivity contribution is 5.86. The summed E-state index contributed by atoms with van der Waals surface area (Å²) in [6, 6.07) is 8.04. The number of nitrogens with one attached hydrogen (secondary N) is 1. The first-order valence-corrected chi connectivity index (χ1v) is 7.96. The maximum Gasteiger partial charge on any atom is 0.243 e. The lowest BCUT2D eigenvalue weighted by Crippen LogP contribution is -2.22. The van der Waals surface area contributed by atoms with E-state index in [-0.39, 0.29) is 5.91 Å². The highest BCUT2D eigenvalue weighted by atomic mass is 16.5. The molecule has 0 aliphatic rings. The molecule has 4 heteroatoms. The number of amides is 1. The molecule has 1 aromatic carbocycles. The summed E-state index contributed by atoms with van der Waals surface area (Å²) >= 11 is 0. The van der Waals surface area contributed by atoms with E-state index in [0.717, 1.165) is 43.6 Å². The third-order valence-corrected chi connectivity index (χ3v) is 3.16. The molecule has 0 unspecified atom stereocenters. The molecule has 0 bridgehead atoms. The van der Waals surface area contributed by atoms with E-state index in [1.54, 1.807) is 0 Å². The second-order valence-corrected chi connectivity index (χ2v) is 5.10. The number of carbonyl (C=O) groups is 1. The summed E-state index contributed by atoms with van der Waals surface area (Å²) in [7, 11) is 0. The zero-order chi connectivity index (χ0) is 16.0. The van der Waals surface area contributed by atoms with E-state index < -0.39 is 0 Å². The number of hydrogen-bond donors (Lipinski definition) is 1. The molecule has 1 amide bonds. The molecule has 0 aromatic heterocycles. The molecule has 0 spiro atoms. The standard InChI is InChI=1S/C18H27NO3/c1-3-5-14-22-17-10-8-16(9-11-17)15-21-13-7-6-12-19-18(20)4-2/h4,8-11H,2-3,5-7,12-15H2,1H3,(H,19,20). The van der Waals surface area contributed by atoms with Crippen LogP contribution >= 0.6 is 0 Å². The van der Waals surface area contributed by atoms with E-state index in [1.165, 1.54) is 6.08 Å². The molecule has 0 heterocycles. The number of unbranched alkanes of at least 4 members (excludes halogenated alkanes) is 2. The van der Waals surface area contributed by atoms with Gasteiger partial charge in [0.25, 0.3) is 0 Å². The van der Waals surface area contributed by atoms with Gasteiger partial charge in [0.05, 0.1) is 13.2 Å². The number of benzene rings is 1. The Labute approximate surface area is 133 Å². The van der Waals surface area contributed by atoms with Crippen LogP contribution in [0.1, 0.15) is 38.2 Å². The van der Waals surface area contributed by atoms with E-state index in [4.69, 9.17) is 9.47 Å². The van der Waals surface area contributed by atoms with Crippen molar-refractivity contribution in [2.45, 2.75) is 39.2 Å². The topological polar surface area (TPSA) is 47.6 Å². The summed E-state index contributed by atoms with van der Waals surface area (Å²) < 4.78 is 11.2. The summed E-state index contributed by atoms with van der Waals surface area (Å²) in [5.74, 6) is 0.789. The largest absolute Gasteiger partial charge is 0.494 e. The molecule has 0 saturated carbocycles. The lowest BCUT2D eigenvalue weighted by Gasteiger charge is -2.07. The van der Waals surface area contributed by atoms with Gasteiger partial charge in [0, 0.05) is 13.2 Å². The Hall–Kier alpha value is -1.81. The zero-order valence-electron chi connectivity index (χ0n) is 13.5. The Bertz CT molecular complexity index is 428. The fourth-order valence-electron chi connectivity index (χ4n) is 1.82. The summed E-state index contributed by atoms with van der Waals surface area (Å²) in [6.07, 6.45) is 5.34. The SMILES string of the molecule is C=CC(=O)NCCCCOCc1ccc(OCCCC)cc1. The molecule has 0 radical (unpaired) electrons. The maximum atomic E-state index is 10.9. The molecule has 4 nitrogen and oxygen atoms in total. The van der Waals surface area contributed by atoms with Gasteiger partial charge in [-0.05, 0) is 43.0 Å². The lowest BCUT2D eigenvalue weighted by molar-refractivity contribution is -0.116. The first kappa shape index (κ1) is 18.2. The van der Waals surface area contributed by atoms with Crippen molar-refractivity contribution in [3.8, 4) is 5.75 Å². The van der Waals surface area contributed by atoms with Crippen molar-refractivity contribution in [3.05, 3.63) is 42.5 Å². The van der Waals surface area contributed by atoms with Crippen LogP contribution in [0.5, 0.6) is 5.75 Å². The normalized spacial score (nSPS) is 10.2. The molecule has 1 aromatic rings. The van der Waals surface area contributed by atoms with Gasteiger partial charge in [-0.15, -0.1) is 0 Å². The average Bonchev–Trinajstić information content (AvgIpc) is 2.55. The Morgan fingerprint density at radius 3 is 2.64 bits per heavy atom. The van der Waals surface area contributed by atoms with Crippen LogP contribution in [0.25, 0.3) is 0 Å². The van der Waals surface area contributed by atoms with Crippen LogP contribution in [0.2, 0.25) is 0 Å². The minimum atomic E-state index is -0.123. The molecule has 0 saturated heterocycles. The average molecular weight is 305 g/mol. The Morgan fingerprint density at radius 2 is 1.95 bits per heavy atom. The minimum absolute atomic E-state index is 0.123. The van der Waals surface area contributed by atoms with Crippen LogP contribution in [-0.2, 0) is 16.1 Å². The smallest absolute Gasteiger partial charge is 0.243 e. The van der Waals surface area contributed by atoms with Crippen LogP contribution in [0, 0.1) is 0 Å². The number of hydrogen-bond acceptors (Lipinski definition) is 3. The van der Waals surface area contributed by atoms with Gasteiger partial charge >= 0.3 is 0 Å². The third kappa shape index (κ3) is 8.47. The zero-order valence-corrected chi connectivity index (χ0v) is 13.5. The van der Waals surface area contributed by atoms with Gasteiger partial charge in [-0.3, -0.25) is 4.79 Å². The summed E-state index contributed by atoms with van der Waals surface area (Å²) in [5, 5.41) is 2.74. The molecule has 0 atom stereocenters. The van der Waals surface area contributed by atoms with Crippen molar-refractivity contribution in [1.29, 1.82) is 0 Å². The number of carbonyl (C=O) groups excluding carboxylic acids is 1. The van der Waals surface area contributed by atoms with Crippen molar-refractivity contribution >= 4 is 5.91 Å². The van der Waals surface area contributed by atoms with Gasteiger partial charge in [-0.1, -0.05) is 32.1 Å². The molecular weight excluding hydrogens is 278 g/mol. The van der Waals surface area contributed by atoms with E-state index in [9.17, 15) is 4.79 Å². The van der Waals surface area contributed by atoms with Crippen molar-refractivity contribution < 1.29 is 14.3 Å². The van der Waals surface area contributed by atoms with E-state index >= 15 is 0 Å². The number of ether oxygens (including phenoxy) is 2. The fraction of sp³-hybridized carbons (Fsp3) is 0.500. The van der Waals surface area contributed by atoms with Crippen LogP contribution in [0.4, 0.5) is 0 Å².